The molecule has 2 heterocycles. The van der Waals surface area contributed by atoms with Crippen molar-refractivity contribution in [1.29, 1.82) is 0 Å². The van der Waals surface area contributed by atoms with Gasteiger partial charge in [0.25, 0.3) is 0 Å². The third-order valence-corrected chi connectivity index (χ3v) is 23.8. The molecule has 0 aromatic carbocycles. The van der Waals surface area contributed by atoms with Gasteiger partial charge in [0.15, 0.2) is 24.8 Å². The lowest BCUT2D eigenvalue weighted by atomic mass is 9.84. The van der Waals surface area contributed by atoms with E-state index >= 15 is 0 Å². The van der Waals surface area contributed by atoms with Crippen LogP contribution in [0.4, 0.5) is 0 Å². The van der Waals surface area contributed by atoms with Gasteiger partial charge in [0.2, 0.25) is 0 Å². The van der Waals surface area contributed by atoms with Crippen LogP contribution in [0.1, 0.15) is 388 Å². The van der Waals surface area contributed by atoms with Crippen molar-refractivity contribution in [2.75, 3.05) is 26.4 Å². The van der Waals surface area contributed by atoms with E-state index in [1.165, 1.54) is 148 Å². The van der Waals surface area contributed by atoms with Gasteiger partial charge in [-0.15, -0.1) is 0 Å². The molecule has 10 N–H and O–H groups in total. The predicted octanol–water partition coefficient (Wildman–Crippen LogP) is 16.8. The Morgan fingerprint density at radius 2 is 0.698 bits per heavy atom. The van der Waals surface area contributed by atoms with E-state index in [1.54, 1.807) is 0 Å². The first-order valence-corrected chi connectivity index (χ1v) is 48.0. The zero-order valence-electron chi connectivity index (χ0n) is 72.5. The summed E-state index contributed by atoms with van der Waals surface area (Å²) in [5, 5.41) is 102. The van der Waals surface area contributed by atoms with Crippen molar-refractivity contribution in [1.82, 2.24) is 0 Å². The predicted molar refractivity (Wildman–Crippen MR) is 449 cm³/mol. The molecule has 25 nitrogen and oxygen atoms in total. The van der Waals surface area contributed by atoms with Crippen molar-refractivity contribution < 1.29 is 122 Å². The average Bonchev–Trinajstić information content (AvgIpc) is 0.755. The van der Waals surface area contributed by atoms with E-state index in [0.29, 0.717) is 44.4 Å². The Balaban J connectivity index is 1.93. The van der Waals surface area contributed by atoms with Crippen LogP contribution in [0.25, 0.3) is 0 Å². The summed E-state index contributed by atoms with van der Waals surface area (Å²) in [5.41, 5.74) is 0. The number of hydrogen-bond donors (Lipinski definition) is 10. The van der Waals surface area contributed by atoms with E-state index in [9.17, 15) is 74.6 Å². The van der Waals surface area contributed by atoms with Crippen LogP contribution < -0.4 is 0 Å². The minimum absolute atomic E-state index is 0.0130. The van der Waals surface area contributed by atoms with Gasteiger partial charge < -0.3 is 88.7 Å². The van der Waals surface area contributed by atoms with E-state index < -0.39 is 162 Å². The maximum atomic E-state index is 14.9. The summed E-state index contributed by atoms with van der Waals surface area (Å²) >= 11 is 0. The van der Waals surface area contributed by atoms with Crippen LogP contribution in [0.15, 0.2) is 24.3 Å². The number of hydrogen-bond acceptors (Lipinski definition) is 24. The summed E-state index contributed by atoms with van der Waals surface area (Å²) in [6, 6.07) is 0. The molecule has 0 aromatic rings. The topological polar surface area (TPSA) is 380 Å². The van der Waals surface area contributed by atoms with Crippen molar-refractivity contribution in [3.8, 4) is 0 Å². The first kappa shape index (κ1) is 107. The summed E-state index contributed by atoms with van der Waals surface area (Å²) < 4.78 is 73.4. The molecule has 3 fully saturated rings. The molecule has 116 heavy (non-hydrogen) atoms. The van der Waals surface area contributed by atoms with E-state index in [4.69, 9.17) is 46.9 Å². The average molecular weight is 1680 g/mol. The van der Waals surface area contributed by atoms with Gasteiger partial charge in [-0.05, 0) is 83.0 Å². The fraction of sp³-hybridized carbons (Fsp3) is 0.911. The fourth-order valence-electron chi connectivity index (χ4n) is 15.3. The molecule has 0 radical (unpaired) electrons. The molecular weight excluding hydrogens is 1510 g/mol. The van der Waals surface area contributed by atoms with Gasteiger partial charge in [-0.2, -0.15) is 0 Å². The van der Waals surface area contributed by atoms with Crippen LogP contribution in [0.2, 0.25) is 0 Å². The van der Waals surface area contributed by atoms with Crippen LogP contribution in [0.5, 0.6) is 0 Å². The number of rotatable bonds is 74. The quantitative estimate of drug-likeness (QED) is 0.00889. The Kier molecular flexibility index (Phi) is 63.2. The molecular formula is C90H165O25P. The van der Waals surface area contributed by atoms with Crippen LogP contribution in [0.3, 0.4) is 0 Å². The Hall–Kier alpha value is -3.05. The van der Waals surface area contributed by atoms with E-state index in [2.05, 4.69) is 58.9 Å². The number of allylic oxidation sites excluding steroid dienone is 4. The molecule has 3 aliphatic rings. The SMILES string of the molecule is CCCCCC/C=C\CCCCCCCCCC(=O)OC(COC(=O)CCCCC/C=C\CCCCCCCC)COP(=O)(O)OC1C(OC2OC(CO)C(O)C(O)C2O)C(O)C(O)C(OC(=O)CCCCCCCCCCCCCCC)C1OC1OC(COC(=O)CCCCCCCCC(C)CCCCCCCC)C(O)C(O)C1O. The second kappa shape index (κ2) is 68.4. The van der Waals surface area contributed by atoms with Crippen molar-refractivity contribution in [2.45, 2.75) is 492 Å². The Morgan fingerprint density at radius 1 is 0.362 bits per heavy atom. The van der Waals surface area contributed by atoms with Crippen LogP contribution in [-0.2, 0) is 70.7 Å². The number of phosphoric acid groups is 1. The smallest absolute Gasteiger partial charge is 0.463 e. The van der Waals surface area contributed by atoms with Gasteiger partial charge in [0.1, 0.15) is 92.6 Å². The molecule has 19 unspecified atom stereocenters. The number of unbranched alkanes of at least 4 members (excludes halogenated alkanes) is 42. The minimum atomic E-state index is -5.81. The van der Waals surface area contributed by atoms with Crippen LogP contribution in [-0.4, -0.2) is 205 Å². The highest BCUT2D eigenvalue weighted by Crippen LogP contribution is 2.49. The first-order valence-electron chi connectivity index (χ1n) is 46.5. The van der Waals surface area contributed by atoms with Crippen LogP contribution in [0, 0.1) is 5.92 Å². The highest BCUT2D eigenvalue weighted by atomic mass is 31.2. The molecule has 0 amide bonds. The molecule has 26 heteroatoms. The maximum absolute atomic E-state index is 14.9. The normalized spacial score (nSPS) is 25.5. The lowest BCUT2D eigenvalue weighted by molar-refractivity contribution is -0.360. The van der Waals surface area contributed by atoms with Crippen LogP contribution >= 0.6 is 7.82 Å². The summed E-state index contributed by atoms with van der Waals surface area (Å²) in [6.07, 6.45) is 26.2. The van der Waals surface area contributed by atoms with E-state index in [-0.39, 0.29) is 25.7 Å². The Morgan fingerprint density at radius 3 is 1.13 bits per heavy atom. The zero-order chi connectivity index (χ0) is 84.8. The molecule has 0 bridgehead atoms. The molecule has 0 aromatic heterocycles. The van der Waals surface area contributed by atoms with Crippen molar-refractivity contribution >= 4 is 31.7 Å². The van der Waals surface area contributed by atoms with Gasteiger partial charge in [-0.3, -0.25) is 28.2 Å². The number of ether oxygens (including phenoxy) is 8. The van der Waals surface area contributed by atoms with Gasteiger partial charge in [-0.25, -0.2) is 4.57 Å². The largest absolute Gasteiger partial charge is 0.472 e. The minimum Gasteiger partial charge on any atom is -0.463 e. The lowest BCUT2D eigenvalue weighted by Gasteiger charge is -2.50. The van der Waals surface area contributed by atoms with Crippen molar-refractivity contribution in [3.05, 3.63) is 24.3 Å². The third kappa shape index (κ3) is 48.7. The van der Waals surface area contributed by atoms with Gasteiger partial charge >= 0.3 is 31.7 Å². The van der Waals surface area contributed by atoms with Gasteiger partial charge in [0.05, 0.1) is 13.2 Å². The Bertz CT molecular complexity index is 2530. The maximum Gasteiger partial charge on any atom is 0.472 e. The zero-order valence-corrected chi connectivity index (χ0v) is 73.4. The molecule has 680 valence electrons. The Labute approximate surface area is 698 Å². The second-order valence-electron chi connectivity index (χ2n) is 33.4. The fourth-order valence-corrected chi connectivity index (χ4v) is 16.3. The molecule has 19 atom stereocenters. The molecule has 1 aliphatic carbocycles. The van der Waals surface area contributed by atoms with Gasteiger partial charge in [0, 0.05) is 25.7 Å². The molecule has 2 aliphatic heterocycles. The highest BCUT2D eigenvalue weighted by molar-refractivity contribution is 7.47. The summed E-state index contributed by atoms with van der Waals surface area (Å²) in [7, 11) is -5.81. The van der Waals surface area contributed by atoms with E-state index in [0.717, 1.165) is 141 Å². The highest BCUT2D eigenvalue weighted by Gasteiger charge is 2.60. The third-order valence-electron chi connectivity index (χ3n) is 22.8. The monoisotopic (exact) mass is 1680 g/mol. The van der Waals surface area contributed by atoms with Crippen molar-refractivity contribution in [3.63, 3.8) is 0 Å². The molecule has 3 rings (SSSR count). The lowest BCUT2D eigenvalue weighted by Crippen LogP contribution is -2.70. The van der Waals surface area contributed by atoms with Gasteiger partial charge in [-0.1, -0.05) is 309 Å². The number of carbonyl (C=O) groups is 4. The van der Waals surface area contributed by atoms with Crippen molar-refractivity contribution in [2.24, 2.45) is 5.92 Å². The summed E-state index contributed by atoms with van der Waals surface area (Å²) in [6.45, 7) is 7.87. The number of phosphoric ester groups is 1. The van der Waals surface area contributed by atoms with E-state index in [1.807, 2.05) is 0 Å². The molecule has 1 saturated carbocycles. The number of aliphatic hydroxyl groups is 9. The first-order chi connectivity index (χ1) is 56.1. The second-order valence-corrected chi connectivity index (χ2v) is 34.8. The summed E-state index contributed by atoms with van der Waals surface area (Å²) in [4.78, 5) is 66.4. The number of carbonyl (C=O) groups excluding carboxylic acids is 4. The number of aliphatic hydroxyl groups excluding tert-OH is 9. The summed E-state index contributed by atoms with van der Waals surface area (Å²) in [5.74, 6) is -2.30. The number of esters is 4. The standard InChI is InChI=1S/C90H165O25P/c1-6-10-14-18-22-25-28-31-32-35-38-40-43-51-57-63-75(94)109-70(66-106-73(92)61-55-49-42-39-36-33-29-26-23-19-15-11-7-2)67-108-116(104,105)115-88-86(113-89-83(102)79(98)77(96)71(65-91)110-89)82(101)81(100)85(112-76(95)64-58-52-44-41-37-34-30-27-24-20-16-12-8-3)87(88)114-90-84(103)80(99)78(97)72(111-90)68-107-74(93)62-56-50-46-45-48-54-60-69(5)59-53-47-21-17-13-9-4/h25,28,33,36,69-72,77-91,96-103H,6-24,26-27,29-32,34-35,37-68H2,1-5H3,(H,104,105)/b28-25-,36-33-. The molecule has 2 saturated heterocycles. The molecule has 0 spiro atoms.